The molecule has 6 heteroatoms. The van der Waals surface area contributed by atoms with Crippen molar-refractivity contribution < 1.29 is 17.6 Å². The zero-order valence-electron chi connectivity index (χ0n) is 10.7. The second-order valence-electron chi connectivity index (χ2n) is 4.85. The first-order chi connectivity index (χ1) is 8.25. The summed E-state index contributed by atoms with van der Waals surface area (Å²) in [6.07, 6.45) is 0. The third kappa shape index (κ3) is 2.91. The Hall–Kier alpha value is -1.33. The number of pyridine rings is 1. The van der Waals surface area contributed by atoms with E-state index in [0.717, 1.165) is 0 Å². The van der Waals surface area contributed by atoms with E-state index in [4.69, 9.17) is 0 Å². The van der Waals surface area contributed by atoms with Gasteiger partial charge in [0.1, 0.15) is 5.69 Å². The second kappa shape index (κ2) is 5.54. The van der Waals surface area contributed by atoms with Crippen molar-refractivity contribution in [3.8, 4) is 0 Å². The maximum Gasteiger partial charge on any atom is 0.253 e. The monoisotopic (exact) mass is 264 g/mol. The minimum atomic E-state index is -1.65. The van der Waals surface area contributed by atoms with E-state index in [-0.39, 0.29) is 17.9 Å². The average molecular weight is 264 g/mol. The Labute approximate surface area is 103 Å². The van der Waals surface area contributed by atoms with Crippen molar-refractivity contribution in [1.82, 2.24) is 4.98 Å². The van der Waals surface area contributed by atoms with Crippen LogP contribution < -0.4 is 5.32 Å². The minimum absolute atomic E-state index is 0.0445. The van der Waals surface area contributed by atoms with E-state index in [1.165, 1.54) is 0 Å². The van der Waals surface area contributed by atoms with Gasteiger partial charge in [0.25, 0.3) is 11.9 Å². The van der Waals surface area contributed by atoms with E-state index < -0.39 is 29.2 Å². The molecule has 0 atom stereocenters. The summed E-state index contributed by atoms with van der Waals surface area (Å²) in [6, 6.07) is -0.310. The maximum absolute atomic E-state index is 13.4. The summed E-state index contributed by atoms with van der Waals surface area (Å²) in [5.74, 6) is -6.21. The lowest BCUT2D eigenvalue weighted by Gasteiger charge is -2.27. The molecule has 102 valence electrons. The molecule has 0 saturated carbocycles. The third-order valence-electron chi connectivity index (χ3n) is 2.75. The van der Waals surface area contributed by atoms with Crippen LogP contribution in [0.3, 0.4) is 0 Å². The molecule has 1 aromatic heterocycles. The van der Waals surface area contributed by atoms with Gasteiger partial charge in [-0.1, -0.05) is 27.7 Å². The van der Waals surface area contributed by atoms with E-state index >= 15 is 0 Å². The Bertz CT molecular complexity index is 398. The topological polar surface area (TPSA) is 24.9 Å². The largest absolute Gasteiger partial charge is 0.377 e. The molecule has 0 aliphatic heterocycles. The number of halogens is 4. The molecule has 0 bridgehead atoms. The maximum atomic E-state index is 13.4. The van der Waals surface area contributed by atoms with Gasteiger partial charge in [-0.2, -0.15) is 22.5 Å². The first-order valence-electron chi connectivity index (χ1n) is 5.72. The van der Waals surface area contributed by atoms with Crippen LogP contribution in [0.15, 0.2) is 0 Å². The summed E-state index contributed by atoms with van der Waals surface area (Å²) < 4.78 is 52.7. The summed E-state index contributed by atoms with van der Waals surface area (Å²) in [5.41, 5.74) is -0.799. The molecule has 1 N–H and O–H groups in total. The zero-order valence-corrected chi connectivity index (χ0v) is 10.7. The number of nitrogens with one attached hydrogen (secondary N) is 1. The molecule has 0 aliphatic carbocycles. The third-order valence-corrected chi connectivity index (χ3v) is 2.75. The molecular weight excluding hydrogens is 248 g/mol. The van der Waals surface area contributed by atoms with Gasteiger partial charge in [0.05, 0.1) is 0 Å². The zero-order chi connectivity index (χ0) is 14.0. The van der Waals surface area contributed by atoms with Gasteiger partial charge in [-0.15, -0.1) is 0 Å². The van der Waals surface area contributed by atoms with E-state index in [2.05, 4.69) is 10.3 Å². The lowest BCUT2D eigenvalue weighted by Crippen LogP contribution is -2.32. The molecule has 1 heterocycles. The molecule has 18 heavy (non-hydrogen) atoms. The molecular formula is C12H16F4N2. The number of hydrogen-bond acceptors (Lipinski definition) is 2. The smallest absolute Gasteiger partial charge is 0.253 e. The van der Waals surface area contributed by atoms with Crippen molar-refractivity contribution in [2.24, 2.45) is 11.8 Å². The van der Waals surface area contributed by atoms with Crippen molar-refractivity contribution in [3.63, 3.8) is 0 Å². The highest BCUT2D eigenvalue weighted by molar-refractivity contribution is 5.46. The van der Waals surface area contributed by atoms with Crippen molar-refractivity contribution in [1.29, 1.82) is 0 Å². The van der Waals surface area contributed by atoms with E-state index in [9.17, 15) is 17.6 Å². The van der Waals surface area contributed by atoms with Crippen LogP contribution in [0, 0.1) is 35.4 Å². The van der Waals surface area contributed by atoms with Gasteiger partial charge in [0.2, 0.25) is 11.6 Å². The van der Waals surface area contributed by atoms with Gasteiger partial charge in [-0.3, -0.25) is 0 Å². The molecule has 0 spiro atoms. The van der Waals surface area contributed by atoms with Gasteiger partial charge in [0.15, 0.2) is 0 Å². The molecule has 0 aliphatic rings. The van der Waals surface area contributed by atoms with Crippen molar-refractivity contribution >= 4 is 5.69 Å². The first-order valence-corrected chi connectivity index (χ1v) is 5.72. The Kier molecular flexibility index (Phi) is 4.53. The molecule has 0 amide bonds. The lowest BCUT2D eigenvalue weighted by molar-refractivity contribution is 0.389. The molecule has 1 aromatic rings. The van der Waals surface area contributed by atoms with Crippen LogP contribution in [-0.4, -0.2) is 11.0 Å². The molecule has 2 nitrogen and oxygen atoms in total. The molecule has 0 saturated heterocycles. The highest BCUT2D eigenvalue weighted by Gasteiger charge is 2.25. The summed E-state index contributed by atoms with van der Waals surface area (Å²) in [4.78, 5) is 2.51. The van der Waals surface area contributed by atoms with Gasteiger partial charge in [-0.25, -0.2) is 0 Å². The fourth-order valence-corrected chi connectivity index (χ4v) is 1.88. The Morgan fingerprint density at radius 3 is 1.56 bits per heavy atom. The normalized spacial score (nSPS) is 11.7. The Balaban J connectivity index is 3.17. The molecule has 1 rings (SSSR count). The fraction of sp³-hybridized carbons (Fsp3) is 0.583. The first kappa shape index (κ1) is 14.7. The van der Waals surface area contributed by atoms with Gasteiger partial charge in [0, 0.05) is 6.04 Å². The van der Waals surface area contributed by atoms with Crippen LogP contribution in [0.5, 0.6) is 0 Å². The molecule has 0 radical (unpaired) electrons. The predicted octanol–water partition coefficient (Wildman–Crippen LogP) is 3.73. The summed E-state index contributed by atoms with van der Waals surface area (Å²) >= 11 is 0. The standard InChI is InChI=1S/C12H16F4N2/c1-5(2)9(6(3)4)17-10-7(13)11(15)18-12(16)8(10)14/h5-6,9H,1-4H3,(H,17,18). The van der Waals surface area contributed by atoms with Crippen LogP contribution in [-0.2, 0) is 0 Å². The number of anilines is 1. The Morgan fingerprint density at radius 2 is 1.22 bits per heavy atom. The molecule has 0 unspecified atom stereocenters. The van der Waals surface area contributed by atoms with Crippen molar-refractivity contribution in [2.45, 2.75) is 33.7 Å². The average Bonchev–Trinajstić information content (AvgIpc) is 2.25. The lowest BCUT2D eigenvalue weighted by atomic mass is 9.93. The van der Waals surface area contributed by atoms with Crippen LogP contribution in [0.4, 0.5) is 23.2 Å². The molecule has 0 fully saturated rings. The quantitative estimate of drug-likeness (QED) is 0.662. The molecule has 0 aromatic carbocycles. The van der Waals surface area contributed by atoms with E-state index in [1.807, 2.05) is 27.7 Å². The summed E-state index contributed by atoms with van der Waals surface area (Å²) in [5, 5.41) is 2.53. The van der Waals surface area contributed by atoms with Gasteiger partial charge < -0.3 is 5.32 Å². The van der Waals surface area contributed by atoms with E-state index in [0.29, 0.717) is 0 Å². The highest BCUT2D eigenvalue weighted by atomic mass is 19.2. The van der Waals surface area contributed by atoms with Gasteiger partial charge >= 0.3 is 0 Å². The summed E-state index contributed by atoms with van der Waals surface area (Å²) in [7, 11) is 0. The predicted molar refractivity (Wildman–Crippen MR) is 61.2 cm³/mol. The number of hydrogen-bond donors (Lipinski definition) is 1. The fourth-order valence-electron chi connectivity index (χ4n) is 1.88. The number of nitrogens with zero attached hydrogens (tertiary/aromatic N) is 1. The SMILES string of the molecule is CC(C)C(Nc1c(F)c(F)nc(F)c1F)C(C)C. The van der Waals surface area contributed by atoms with Crippen LogP contribution in [0.1, 0.15) is 27.7 Å². The van der Waals surface area contributed by atoms with Crippen molar-refractivity contribution in [3.05, 3.63) is 23.5 Å². The summed E-state index contributed by atoms with van der Waals surface area (Å²) in [6.45, 7) is 7.39. The number of aromatic nitrogens is 1. The number of rotatable bonds is 4. The second-order valence-corrected chi connectivity index (χ2v) is 4.85. The van der Waals surface area contributed by atoms with Crippen LogP contribution >= 0.6 is 0 Å². The minimum Gasteiger partial charge on any atom is -0.377 e. The van der Waals surface area contributed by atoms with E-state index in [1.54, 1.807) is 0 Å². The van der Waals surface area contributed by atoms with Gasteiger partial charge in [-0.05, 0) is 11.8 Å². The Morgan fingerprint density at radius 1 is 0.833 bits per heavy atom. The van der Waals surface area contributed by atoms with Crippen molar-refractivity contribution in [2.75, 3.05) is 5.32 Å². The highest BCUT2D eigenvalue weighted by Crippen LogP contribution is 2.26. The van der Waals surface area contributed by atoms with Crippen LogP contribution in [0.2, 0.25) is 0 Å². The van der Waals surface area contributed by atoms with Crippen LogP contribution in [0.25, 0.3) is 0 Å².